The van der Waals surface area contributed by atoms with Crippen molar-refractivity contribution in [2.75, 3.05) is 11.9 Å². The van der Waals surface area contributed by atoms with E-state index in [4.69, 9.17) is 8.92 Å². The van der Waals surface area contributed by atoms with Gasteiger partial charge in [0.05, 0.1) is 10.2 Å². The molecule has 3 aromatic rings. The van der Waals surface area contributed by atoms with Crippen LogP contribution in [0.1, 0.15) is 30.5 Å². The number of benzene rings is 3. The zero-order valence-electron chi connectivity index (χ0n) is 17.8. The van der Waals surface area contributed by atoms with E-state index in [0.717, 1.165) is 23.2 Å². The Kier molecular flexibility index (Phi) is 7.83. The highest BCUT2D eigenvalue weighted by atomic mass is 127. The van der Waals surface area contributed by atoms with Gasteiger partial charge in [0.1, 0.15) is 4.90 Å². The van der Waals surface area contributed by atoms with Crippen molar-refractivity contribution in [3.8, 4) is 11.5 Å². The molecular formula is C24H26INO4S. The Morgan fingerprint density at radius 2 is 1.61 bits per heavy atom. The minimum Gasteiger partial charge on any atom is -0.490 e. The molecule has 0 atom stereocenters. The second-order valence-electron chi connectivity index (χ2n) is 7.09. The van der Waals surface area contributed by atoms with Crippen LogP contribution in [-0.2, 0) is 23.1 Å². The van der Waals surface area contributed by atoms with Crippen molar-refractivity contribution in [2.45, 2.75) is 38.6 Å². The second-order valence-corrected chi connectivity index (χ2v) is 9.80. The van der Waals surface area contributed by atoms with Crippen molar-refractivity contribution in [2.24, 2.45) is 0 Å². The number of aryl methyl sites for hydroxylation is 2. The second kappa shape index (κ2) is 10.4. The fourth-order valence-corrected chi connectivity index (χ4v) is 4.87. The van der Waals surface area contributed by atoms with Crippen molar-refractivity contribution >= 4 is 38.4 Å². The lowest BCUT2D eigenvalue weighted by atomic mass is 10.1. The largest absolute Gasteiger partial charge is 0.490 e. The van der Waals surface area contributed by atoms with E-state index < -0.39 is 10.1 Å². The van der Waals surface area contributed by atoms with Gasteiger partial charge in [-0.1, -0.05) is 36.8 Å². The molecule has 31 heavy (non-hydrogen) atoms. The Labute approximate surface area is 198 Å². The molecule has 0 saturated heterocycles. The quantitative estimate of drug-likeness (QED) is 0.264. The summed E-state index contributed by atoms with van der Waals surface area (Å²) in [6, 6.07) is 18.6. The fourth-order valence-electron chi connectivity index (χ4n) is 2.99. The molecule has 0 radical (unpaired) electrons. The minimum atomic E-state index is -3.97. The molecular weight excluding hydrogens is 525 g/mol. The lowest BCUT2D eigenvalue weighted by Crippen LogP contribution is -2.12. The topological polar surface area (TPSA) is 64.6 Å². The van der Waals surface area contributed by atoms with Gasteiger partial charge in [-0.3, -0.25) is 0 Å². The fraction of sp³-hybridized carbons (Fsp3) is 0.250. The van der Waals surface area contributed by atoms with Crippen LogP contribution in [0.25, 0.3) is 0 Å². The number of anilines is 1. The van der Waals surface area contributed by atoms with Crippen LogP contribution >= 0.6 is 22.6 Å². The predicted octanol–water partition coefficient (Wildman–Crippen LogP) is 5.94. The average Bonchev–Trinajstić information content (AvgIpc) is 2.75. The SMILES string of the molecule is CCOc1cc(CNc2ccc(CC)cc2)cc(I)c1OS(=O)(=O)c1ccc(C)cc1. The van der Waals surface area contributed by atoms with Gasteiger partial charge >= 0.3 is 10.1 Å². The molecule has 0 unspecified atom stereocenters. The maximum absolute atomic E-state index is 12.8. The smallest absolute Gasteiger partial charge is 0.339 e. The predicted molar refractivity (Wildman–Crippen MR) is 132 cm³/mol. The molecule has 3 aromatic carbocycles. The van der Waals surface area contributed by atoms with Crippen molar-refractivity contribution in [1.82, 2.24) is 0 Å². The van der Waals surface area contributed by atoms with E-state index in [1.165, 1.54) is 5.56 Å². The molecule has 1 N–H and O–H groups in total. The molecule has 0 bridgehead atoms. The van der Waals surface area contributed by atoms with Crippen LogP contribution in [0.15, 0.2) is 65.6 Å². The molecule has 0 amide bonds. The van der Waals surface area contributed by atoms with Gasteiger partial charge in [-0.2, -0.15) is 8.42 Å². The van der Waals surface area contributed by atoms with Gasteiger partial charge in [0.15, 0.2) is 11.5 Å². The van der Waals surface area contributed by atoms with E-state index in [2.05, 4.69) is 59.1 Å². The summed E-state index contributed by atoms with van der Waals surface area (Å²) in [6.45, 7) is 6.85. The highest BCUT2D eigenvalue weighted by Crippen LogP contribution is 2.36. The molecule has 0 aliphatic heterocycles. The van der Waals surface area contributed by atoms with Gasteiger partial charge in [-0.15, -0.1) is 0 Å². The van der Waals surface area contributed by atoms with E-state index in [1.54, 1.807) is 24.3 Å². The van der Waals surface area contributed by atoms with Crippen molar-refractivity contribution in [3.63, 3.8) is 0 Å². The Bertz CT molecular complexity index is 1130. The van der Waals surface area contributed by atoms with Crippen molar-refractivity contribution in [1.29, 1.82) is 0 Å². The molecule has 5 nitrogen and oxygen atoms in total. The van der Waals surface area contributed by atoms with Crippen molar-refractivity contribution < 1.29 is 17.3 Å². The van der Waals surface area contributed by atoms with Crippen LogP contribution in [0.3, 0.4) is 0 Å². The third-order valence-corrected chi connectivity index (χ3v) is 6.77. The number of rotatable bonds is 9. The summed E-state index contributed by atoms with van der Waals surface area (Å²) in [5, 5.41) is 3.39. The van der Waals surface area contributed by atoms with E-state index in [1.807, 2.05) is 26.0 Å². The zero-order chi connectivity index (χ0) is 22.4. The normalized spacial score (nSPS) is 11.2. The van der Waals surface area contributed by atoms with E-state index in [0.29, 0.717) is 22.5 Å². The molecule has 0 saturated carbocycles. The summed E-state index contributed by atoms with van der Waals surface area (Å²) >= 11 is 2.08. The van der Waals surface area contributed by atoms with Gasteiger partial charge in [0, 0.05) is 12.2 Å². The lowest BCUT2D eigenvalue weighted by Gasteiger charge is -2.16. The van der Waals surface area contributed by atoms with Crippen LogP contribution in [0.4, 0.5) is 5.69 Å². The number of halogens is 1. The molecule has 0 heterocycles. The molecule has 0 fully saturated rings. The number of nitrogens with one attached hydrogen (secondary N) is 1. The Balaban J connectivity index is 1.83. The van der Waals surface area contributed by atoms with E-state index in [-0.39, 0.29) is 10.6 Å². The lowest BCUT2D eigenvalue weighted by molar-refractivity contribution is 0.326. The highest BCUT2D eigenvalue weighted by Gasteiger charge is 2.22. The molecule has 3 rings (SSSR count). The minimum absolute atomic E-state index is 0.109. The summed E-state index contributed by atoms with van der Waals surface area (Å²) in [5.41, 5.74) is 4.25. The molecule has 164 valence electrons. The van der Waals surface area contributed by atoms with Crippen LogP contribution in [0.5, 0.6) is 11.5 Å². The first-order valence-electron chi connectivity index (χ1n) is 10.1. The standard InChI is InChI=1S/C24H26INO4S/c1-4-18-8-10-20(11-9-18)26-16-19-14-22(25)24(23(15-19)29-5-2)30-31(27,28)21-12-6-17(3)7-13-21/h6-15,26H,4-5,16H2,1-3H3. The van der Waals surface area contributed by atoms with Crippen LogP contribution in [0.2, 0.25) is 0 Å². The van der Waals surface area contributed by atoms with Gasteiger partial charge in [0.25, 0.3) is 0 Å². The molecule has 0 aliphatic carbocycles. The van der Waals surface area contributed by atoms with Gasteiger partial charge in [-0.05, 0) is 90.4 Å². The van der Waals surface area contributed by atoms with Crippen LogP contribution in [0, 0.1) is 10.5 Å². The Morgan fingerprint density at radius 3 is 2.23 bits per heavy atom. The first-order chi connectivity index (χ1) is 14.8. The Morgan fingerprint density at radius 1 is 0.935 bits per heavy atom. The molecule has 0 aliphatic rings. The van der Waals surface area contributed by atoms with Crippen LogP contribution in [-0.4, -0.2) is 15.0 Å². The summed E-state index contributed by atoms with van der Waals surface area (Å²) in [5.74, 6) is 0.613. The van der Waals surface area contributed by atoms with Gasteiger partial charge in [-0.25, -0.2) is 0 Å². The van der Waals surface area contributed by atoms with Gasteiger partial charge < -0.3 is 14.2 Å². The summed E-state index contributed by atoms with van der Waals surface area (Å²) in [7, 11) is -3.97. The zero-order valence-corrected chi connectivity index (χ0v) is 20.8. The third kappa shape index (κ3) is 6.13. The maximum Gasteiger partial charge on any atom is 0.339 e. The molecule has 0 aromatic heterocycles. The number of hydrogen-bond acceptors (Lipinski definition) is 5. The van der Waals surface area contributed by atoms with E-state index >= 15 is 0 Å². The summed E-state index contributed by atoms with van der Waals surface area (Å²) in [6.07, 6.45) is 1.00. The third-order valence-electron chi connectivity index (χ3n) is 4.73. The van der Waals surface area contributed by atoms with Gasteiger partial charge in [0.2, 0.25) is 0 Å². The first-order valence-corrected chi connectivity index (χ1v) is 12.6. The van der Waals surface area contributed by atoms with Crippen LogP contribution < -0.4 is 14.2 Å². The summed E-state index contributed by atoms with van der Waals surface area (Å²) < 4.78 is 37.4. The monoisotopic (exact) mass is 551 g/mol. The molecule has 7 heteroatoms. The maximum atomic E-state index is 12.8. The Hall–Kier alpha value is -2.26. The number of hydrogen-bond donors (Lipinski definition) is 1. The first kappa shape index (κ1) is 23.4. The number of ether oxygens (including phenoxy) is 1. The average molecular weight is 551 g/mol. The highest BCUT2D eigenvalue weighted by molar-refractivity contribution is 14.1. The van der Waals surface area contributed by atoms with Crippen molar-refractivity contribution in [3.05, 3.63) is 80.9 Å². The summed E-state index contributed by atoms with van der Waals surface area (Å²) in [4.78, 5) is 0.109. The molecule has 0 spiro atoms. The van der Waals surface area contributed by atoms with E-state index in [9.17, 15) is 8.42 Å².